The van der Waals surface area contributed by atoms with Crippen LogP contribution in [0.1, 0.15) is 42.7 Å². The van der Waals surface area contributed by atoms with E-state index in [0.29, 0.717) is 24.9 Å². The Kier molecular flexibility index (Phi) is 7.32. The second kappa shape index (κ2) is 9.71. The molecule has 0 aliphatic carbocycles. The van der Waals surface area contributed by atoms with E-state index in [1.54, 1.807) is 7.05 Å². The van der Waals surface area contributed by atoms with Crippen LogP contribution in [0, 0.1) is 13.8 Å². The van der Waals surface area contributed by atoms with E-state index in [1.165, 1.54) is 0 Å². The second-order valence-corrected chi connectivity index (χ2v) is 5.88. The molecule has 0 aliphatic rings. The maximum Gasteiger partial charge on any atom is 0.214 e. The molecule has 0 radical (unpaired) electrons. The second-order valence-electron chi connectivity index (χ2n) is 5.88. The van der Waals surface area contributed by atoms with E-state index < -0.39 is 0 Å². The number of aliphatic imine (C=N–C) groups is 1. The number of nitrogens with zero attached hydrogens (tertiary/aromatic N) is 2. The Labute approximate surface area is 149 Å². The van der Waals surface area contributed by atoms with Gasteiger partial charge in [-0.25, -0.2) is 4.98 Å². The van der Waals surface area contributed by atoms with Crippen molar-refractivity contribution in [1.29, 1.82) is 0 Å². The third kappa shape index (κ3) is 6.14. The van der Waals surface area contributed by atoms with Gasteiger partial charge < -0.3 is 19.8 Å². The molecule has 0 atom stereocenters. The minimum atomic E-state index is 0.495. The van der Waals surface area contributed by atoms with Gasteiger partial charge in [-0.05, 0) is 38.0 Å². The Morgan fingerprint density at radius 1 is 1.24 bits per heavy atom. The predicted octanol–water partition coefficient (Wildman–Crippen LogP) is 3.34. The first-order valence-electron chi connectivity index (χ1n) is 8.71. The third-order valence-electron chi connectivity index (χ3n) is 3.83. The molecule has 0 spiro atoms. The van der Waals surface area contributed by atoms with Gasteiger partial charge in [0, 0.05) is 13.6 Å². The summed E-state index contributed by atoms with van der Waals surface area (Å²) < 4.78 is 11.3. The Balaban J connectivity index is 1.82. The van der Waals surface area contributed by atoms with E-state index in [1.807, 2.05) is 26.0 Å². The molecular weight excluding hydrogens is 316 g/mol. The molecule has 2 rings (SSSR count). The summed E-state index contributed by atoms with van der Waals surface area (Å²) in [6, 6.07) is 8.11. The van der Waals surface area contributed by atoms with Crippen molar-refractivity contribution in [2.24, 2.45) is 4.99 Å². The molecule has 0 saturated carbocycles. The van der Waals surface area contributed by atoms with Crippen LogP contribution in [0.2, 0.25) is 0 Å². The van der Waals surface area contributed by atoms with Crippen molar-refractivity contribution in [2.45, 2.75) is 46.7 Å². The van der Waals surface area contributed by atoms with E-state index in [-0.39, 0.29) is 0 Å². The van der Waals surface area contributed by atoms with Crippen LogP contribution in [0.25, 0.3) is 0 Å². The SMILES string of the molecule is CCCCOc1cccc(CNC(=NC)NCc2nc(C)c(C)o2)c1. The zero-order valence-electron chi connectivity index (χ0n) is 15.6. The molecule has 0 aliphatic heterocycles. The van der Waals surface area contributed by atoms with Gasteiger partial charge in [-0.2, -0.15) is 0 Å². The first-order valence-corrected chi connectivity index (χ1v) is 8.71. The van der Waals surface area contributed by atoms with Crippen LogP contribution in [0.15, 0.2) is 33.7 Å². The van der Waals surface area contributed by atoms with Crippen molar-refractivity contribution >= 4 is 5.96 Å². The maximum absolute atomic E-state index is 5.74. The fraction of sp³-hybridized carbons (Fsp3) is 0.474. The summed E-state index contributed by atoms with van der Waals surface area (Å²) in [5.41, 5.74) is 2.05. The van der Waals surface area contributed by atoms with Crippen LogP contribution in [-0.4, -0.2) is 24.6 Å². The average Bonchev–Trinajstić information content (AvgIpc) is 2.94. The lowest BCUT2D eigenvalue weighted by Gasteiger charge is -2.12. The fourth-order valence-electron chi connectivity index (χ4n) is 2.26. The number of hydrogen-bond acceptors (Lipinski definition) is 4. The van der Waals surface area contributed by atoms with E-state index in [0.717, 1.165) is 42.2 Å². The van der Waals surface area contributed by atoms with Gasteiger partial charge in [0.25, 0.3) is 0 Å². The minimum Gasteiger partial charge on any atom is -0.494 e. The van der Waals surface area contributed by atoms with Crippen molar-refractivity contribution in [3.05, 3.63) is 47.2 Å². The van der Waals surface area contributed by atoms with E-state index in [9.17, 15) is 0 Å². The van der Waals surface area contributed by atoms with Crippen LogP contribution in [-0.2, 0) is 13.1 Å². The normalized spacial score (nSPS) is 11.4. The Morgan fingerprint density at radius 3 is 2.72 bits per heavy atom. The summed E-state index contributed by atoms with van der Waals surface area (Å²) in [7, 11) is 1.74. The molecule has 0 bridgehead atoms. The number of benzene rings is 1. The highest BCUT2D eigenvalue weighted by molar-refractivity contribution is 5.79. The van der Waals surface area contributed by atoms with Crippen LogP contribution < -0.4 is 15.4 Å². The molecule has 6 nitrogen and oxygen atoms in total. The van der Waals surface area contributed by atoms with Crippen LogP contribution in [0.4, 0.5) is 0 Å². The maximum atomic E-state index is 5.74. The first-order chi connectivity index (χ1) is 12.1. The van der Waals surface area contributed by atoms with Crippen LogP contribution in [0.5, 0.6) is 5.75 Å². The number of hydrogen-bond donors (Lipinski definition) is 2. The summed E-state index contributed by atoms with van der Waals surface area (Å²) in [5.74, 6) is 3.11. The summed E-state index contributed by atoms with van der Waals surface area (Å²) >= 11 is 0. The number of nitrogens with one attached hydrogen (secondary N) is 2. The van der Waals surface area contributed by atoms with Gasteiger partial charge >= 0.3 is 0 Å². The van der Waals surface area contributed by atoms with Gasteiger partial charge in [-0.1, -0.05) is 25.5 Å². The molecule has 1 heterocycles. The number of aryl methyl sites for hydroxylation is 2. The van der Waals surface area contributed by atoms with Crippen molar-refractivity contribution in [2.75, 3.05) is 13.7 Å². The Bertz CT molecular complexity index is 675. The molecule has 1 aromatic carbocycles. The van der Waals surface area contributed by atoms with Gasteiger partial charge in [-0.3, -0.25) is 4.99 Å². The summed E-state index contributed by atoms with van der Waals surface area (Å²) in [6.45, 7) is 7.91. The van der Waals surface area contributed by atoms with E-state index in [4.69, 9.17) is 9.15 Å². The molecule has 6 heteroatoms. The number of ether oxygens (including phenoxy) is 1. The highest BCUT2D eigenvalue weighted by Crippen LogP contribution is 2.13. The standard InChI is InChI=1S/C19H28N4O2/c1-5-6-10-24-17-9-7-8-16(11-17)12-21-19(20-4)22-13-18-23-14(2)15(3)25-18/h7-9,11H,5-6,10,12-13H2,1-4H3,(H2,20,21,22). The van der Waals surface area contributed by atoms with Crippen LogP contribution >= 0.6 is 0 Å². The monoisotopic (exact) mass is 344 g/mol. The van der Waals surface area contributed by atoms with Crippen molar-refractivity contribution in [1.82, 2.24) is 15.6 Å². The third-order valence-corrected chi connectivity index (χ3v) is 3.83. The quantitative estimate of drug-likeness (QED) is 0.437. The largest absolute Gasteiger partial charge is 0.494 e. The molecule has 1 aromatic heterocycles. The van der Waals surface area contributed by atoms with Crippen molar-refractivity contribution < 1.29 is 9.15 Å². The number of oxazole rings is 1. The Hall–Kier alpha value is -2.50. The van der Waals surface area contributed by atoms with E-state index in [2.05, 4.69) is 39.7 Å². The summed E-state index contributed by atoms with van der Waals surface area (Å²) in [4.78, 5) is 8.58. The van der Waals surface area contributed by atoms with Gasteiger partial charge in [0.1, 0.15) is 11.5 Å². The zero-order chi connectivity index (χ0) is 18.1. The predicted molar refractivity (Wildman–Crippen MR) is 99.9 cm³/mol. The molecule has 25 heavy (non-hydrogen) atoms. The van der Waals surface area contributed by atoms with Crippen molar-refractivity contribution in [3.63, 3.8) is 0 Å². The number of guanidine groups is 1. The lowest BCUT2D eigenvalue weighted by atomic mass is 10.2. The molecule has 0 unspecified atom stereocenters. The number of aromatic nitrogens is 1. The molecule has 2 N–H and O–H groups in total. The van der Waals surface area contributed by atoms with Gasteiger partial charge in [-0.15, -0.1) is 0 Å². The molecule has 0 saturated heterocycles. The molecule has 136 valence electrons. The average molecular weight is 344 g/mol. The highest BCUT2D eigenvalue weighted by atomic mass is 16.5. The number of unbranched alkanes of at least 4 members (excludes halogenated alkanes) is 1. The molecule has 2 aromatic rings. The number of rotatable bonds is 8. The lowest BCUT2D eigenvalue weighted by Crippen LogP contribution is -2.36. The smallest absolute Gasteiger partial charge is 0.214 e. The first kappa shape index (κ1) is 18.8. The fourth-order valence-corrected chi connectivity index (χ4v) is 2.26. The lowest BCUT2D eigenvalue weighted by molar-refractivity contribution is 0.309. The summed E-state index contributed by atoms with van der Waals surface area (Å²) in [6.07, 6.45) is 2.20. The Morgan fingerprint density at radius 2 is 2.04 bits per heavy atom. The molecule has 0 amide bonds. The van der Waals surface area contributed by atoms with E-state index >= 15 is 0 Å². The van der Waals surface area contributed by atoms with Crippen LogP contribution in [0.3, 0.4) is 0 Å². The van der Waals surface area contributed by atoms with Crippen molar-refractivity contribution in [3.8, 4) is 5.75 Å². The summed E-state index contributed by atoms with van der Waals surface area (Å²) in [5, 5.41) is 6.49. The van der Waals surface area contributed by atoms with Gasteiger partial charge in [0.15, 0.2) is 5.96 Å². The molecular formula is C19H28N4O2. The molecule has 0 fully saturated rings. The zero-order valence-corrected chi connectivity index (χ0v) is 15.6. The highest BCUT2D eigenvalue weighted by Gasteiger charge is 2.06. The minimum absolute atomic E-state index is 0.495. The van der Waals surface area contributed by atoms with Gasteiger partial charge in [0.05, 0.1) is 18.8 Å². The topological polar surface area (TPSA) is 71.7 Å². The van der Waals surface area contributed by atoms with Gasteiger partial charge in [0.2, 0.25) is 5.89 Å².